The summed E-state index contributed by atoms with van der Waals surface area (Å²) < 4.78 is 1.27. The van der Waals surface area contributed by atoms with Gasteiger partial charge < -0.3 is 10.4 Å². The van der Waals surface area contributed by atoms with E-state index in [9.17, 15) is 4.79 Å². The smallest absolute Gasteiger partial charge is 0.355 e. The molecule has 0 aliphatic heterocycles. The van der Waals surface area contributed by atoms with E-state index in [1.165, 1.54) is 4.68 Å². The molecule has 2 N–H and O–H groups in total. The van der Waals surface area contributed by atoms with E-state index in [1.807, 2.05) is 0 Å². The highest BCUT2D eigenvalue weighted by molar-refractivity contribution is 6.35. The van der Waals surface area contributed by atoms with Crippen LogP contribution in [0.15, 0.2) is 0 Å². The van der Waals surface area contributed by atoms with Gasteiger partial charge in [-0.25, -0.2) is 4.79 Å². The minimum atomic E-state index is -1.06. The zero-order valence-electron chi connectivity index (χ0n) is 7.62. The van der Waals surface area contributed by atoms with Gasteiger partial charge in [-0.3, -0.25) is 4.68 Å². The van der Waals surface area contributed by atoms with Gasteiger partial charge in [0, 0.05) is 13.1 Å². The number of carbonyl (C=O) groups is 1. The van der Waals surface area contributed by atoms with Crippen LogP contribution in [0.2, 0.25) is 5.02 Å². The molecule has 1 aromatic heterocycles. The summed E-state index contributed by atoms with van der Waals surface area (Å²) in [7, 11) is 1.56. The van der Waals surface area contributed by atoms with Crippen LogP contribution in [0.1, 0.15) is 23.3 Å². The van der Waals surface area contributed by atoms with Crippen LogP contribution >= 0.6 is 11.6 Å². The second-order valence-electron chi connectivity index (χ2n) is 3.36. The topological polar surface area (TPSA) is 67.2 Å². The first-order valence-electron chi connectivity index (χ1n) is 4.32. The van der Waals surface area contributed by atoms with Crippen molar-refractivity contribution in [3.63, 3.8) is 0 Å². The molecule has 1 saturated carbocycles. The molecule has 0 bridgehead atoms. The lowest BCUT2D eigenvalue weighted by Crippen LogP contribution is -2.05. The highest BCUT2D eigenvalue weighted by atomic mass is 35.5. The Kier molecular flexibility index (Phi) is 2.11. The highest BCUT2D eigenvalue weighted by Crippen LogP contribution is 2.30. The van der Waals surface area contributed by atoms with E-state index in [-0.39, 0.29) is 10.7 Å². The summed E-state index contributed by atoms with van der Waals surface area (Å²) in [4.78, 5) is 10.8. The Morgan fingerprint density at radius 3 is 2.79 bits per heavy atom. The largest absolute Gasteiger partial charge is 0.476 e. The number of hydrogen-bond donors (Lipinski definition) is 2. The lowest BCUT2D eigenvalue weighted by molar-refractivity contribution is 0.0685. The lowest BCUT2D eigenvalue weighted by Gasteiger charge is -1.97. The number of halogens is 1. The number of aryl methyl sites for hydroxylation is 1. The standard InChI is InChI=1S/C8H10ClN3O2/c1-12-6(8(13)14)5(9)7(11-12)10-4-2-3-4/h4H,2-3H2,1H3,(H,10,11)(H,13,14). The Bertz CT molecular complexity index is 384. The second kappa shape index (κ2) is 3.16. The summed E-state index contributed by atoms with van der Waals surface area (Å²) in [5.74, 6) is -0.595. The van der Waals surface area contributed by atoms with Crippen molar-refractivity contribution < 1.29 is 9.90 Å². The molecule has 14 heavy (non-hydrogen) atoms. The van der Waals surface area contributed by atoms with Gasteiger partial charge in [-0.1, -0.05) is 11.6 Å². The Hall–Kier alpha value is -1.23. The maximum absolute atomic E-state index is 10.8. The Morgan fingerprint density at radius 2 is 2.36 bits per heavy atom. The molecule has 0 spiro atoms. The third-order valence-electron chi connectivity index (χ3n) is 2.11. The molecular formula is C8H10ClN3O2. The van der Waals surface area contributed by atoms with Crippen LogP contribution in [0.5, 0.6) is 0 Å². The fourth-order valence-electron chi connectivity index (χ4n) is 1.24. The van der Waals surface area contributed by atoms with Crippen molar-refractivity contribution in [2.45, 2.75) is 18.9 Å². The predicted octanol–water partition coefficient (Wildman–Crippen LogP) is 1.35. The van der Waals surface area contributed by atoms with E-state index >= 15 is 0 Å². The van der Waals surface area contributed by atoms with Crippen molar-refractivity contribution in [1.29, 1.82) is 0 Å². The average molecular weight is 216 g/mol. The molecule has 0 amide bonds. The van der Waals surface area contributed by atoms with Gasteiger partial charge in [-0.15, -0.1) is 0 Å². The monoisotopic (exact) mass is 215 g/mol. The van der Waals surface area contributed by atoms with Crippen molar-refractivity contribution in [2.24, 2.45) is 7.05 Å². The van der Waals surface area contributed by atoms with E-state index in [0.29, 0.717) is 11.9 Å². The second-order valence-corrected chi connectivity index (χ2v) is 3.74. The minimum Gasteiger partial charge on any atom is -0.476 e. The van der Waals surface area contributed by atoms with Crippen molar-refractivity contribution in [3.8, 4) is 0 Å². The molecular weight excluding hydrogens is 206 g/mol. The van der Waals surface area contributed by atoms with Crippen molar-refractivity contribution >= 4 is 23.4 Å². The average Bonchev–Trinajstić information content (AvgIpc) is 2.81. The van der Waals surface area contributed by atoms with E-state index in [0.717, 1.165) is 12.8 Å². The van der Waals surface area contributed by atoms with Crippen molar-refractivity contribution in [2.75, 3.05) is 5.32 Å². The molecule has 0 aromatic carbocycles. The molecule has 0 unspecified atom stereocenters. The molecule has 1 fully saturated rings. The molecule has 0 atom stereocenters. The fourth-order valence-corrected chi connectivity index (χ4v) is 1.54. The third kappa shape index (κ3) is 1.55. The first-order valence-corrected chi connectivity index (χ1v) is 4.69. The van der Waals surface area contributed by atoms with Gasteiger partial charge in [0.15, 0.2) is 11.5 Å². The predicted molar refractivity (Wildman–Crippen MR) is 51.8 cm³/mol. The first kappa shape index (κ1) is 9.33. The van der Waals surface area contributed by atoms with Gasteiger partial charge >= 0.3 is 5.97 Å². The molecule has 0 radical (unpaired) electrons. The number of aromatic nitrogens is 2. The van der Waals surface area contributed by atoms with Gasteiger partial charge in [0.25, 0.3) is 0 Å². The summed E-state index contributed by atoms with van der Waals surface area (Å²) in [6.45, 7) is 0. The van der Waals surface area contributed by atoms with Gasteiger partial charge in [0.1, 0.15) is 5.02 Å². The van der Waals surface area contributed by atoms with Gasteiger partial charge in [-0.2, -0.15) is 5.10 Å². The Morgan fingerprint density at radius 1 is 1.71 bits per heavy atom. The zero-order chi connectivity index (χ0) is 10.3. The number of rotatable bonds is 3. The summed E-state index contributed by atoms with van der Waals surface area (Å²) >= 11 is 5.87. The molecule has 1 heterocycles. The van der Waals surface area contributed by atoms with Crippen LogP contribution in [0.4, 0.5) is 5.82 Å². The maximum Gasteiger partial charge on any atom is 0.355 e. The number of carboxylic acids is 1. The Labute approximate surface area is 85.7 Å². The first-order chi connectivity index (χ1) is 6.59. The lowest BCUT2D eigenvalue weighted by atomic mass is 10.4. The molecule has 1 aromatic rings. The van der Waals surface area contributed by atoms with Gasteiger partial charge in [0.05, 0.1) is 0 Å². The summed E-state index contributed by atoms with van der Waals surface area (Å²) in [6, 6.07) is 0.407. The van der Waals surface area contributed by atoms with Crippen LogP contribution < -0.4 is 5.32 Å². The van der Waals surface area contributed by atoms with Crippen LogP contribution in [0, 0.1) is 0 Å². The van der Waals surface area contributed by atoms with Crippen LogP contribution in [0.25, 0.3) is 0 Å². The molecule has 1 aliphatic rings. The Balaban J connectivity index is 2.32. The fraction of sp³-hybridized carbons (Fsp3) is 0.500. The number of aromatic carboxylic acids is 1. The number of hydrogen-bond acceptors (Lipinski definition) is 3. The number of anilines is 1. The van der Waals surface area contributed by atoms with Crippen molar-refractivity contribution in [3.05, 3.63) is 10.7 Å². The van der Waals surface area contributed by atoms with Gasteiger partial charge in [0.2, 0.25) is 0 Å². The number of nitrogens with one attached hydrogen (secondary N) is 1. The van der Waals surface area contributed by atoms with Crippen LogP contribution in [0.3, 0.4) is 0 Å². The molecule has 6 heteroatoms. The third-order valence-corrected chi connectivity index (χ3v) is 2.47. The summed E-state index contributed by atoms with van der Waals surface area (Å²) in [6.07, 6.45) is 2.19. The number of carboxylic acid groups (broad SMARTS) is 1. The minimum absolute atomic E-state index is 0.0230. The molecule has 5 nitrogen and oxygen atoms in total. The number of nitrogens with zero attached hydrogens (tertiary/aromatic N) is 2. The van der Waals surface area contributed by atoms with E-state index < -0.39 is 5.97 Å². The molecule has 0 saturated heterocycles. The van der Waals surface area contributed by atoms with Crippen molar-refractivity contribution in [1.82, 2.24) is 9.78 Å². The van der Waals surface area contributed by atoms with E-state index in [1.54, 1.807) is 7.05 Å². The highest BCUT2D eigenvalue weighted by Gasteiger charge is 2.26. The molecule has 2 rings (SSSR count). The summed E-state index contributed by atoms with van der Waals surface area (Å²) in [5.41, 5.74) is 0.0230. The summed E-state index contributed by atoms with van der Waals surface area (Å²) in [5, 5.41) is 16.1. The molecule has 76 valence electrons. The van der Waals surface area contributed by atoms with Gasteiger partial charge in [-0.05, 0) is 12.8 Å². The van der Waals surface area contributed by atoms with E-state index in [4.69, 9.17) is 16.7 Å². The quantitative estimate of drug-likeness (QED) is 0.799. The SMILES string of the molecule is Cn1nc(NC2CC2)c(Cl)c1C(=O)O. The zero-order valence-corrected chi connectivity index (χ0v) is 8.38. The van der Waals surface area contributed by atoms with E-state index in [2.05, 4.69) is 10.4 Å². The normalized spacial score (nSPS) is 15.6. The maximum atomic E-state index is 10.8. The van der Waals surface area contributed by atoms with Crippen LogP contribution in [-0.2, 0) is 7.05 Å². The van der Waals surface area contributed by atoms with Crippen LogP contribution in [-0.4, -0.2) is 26.9 Å². The molecule has 1 aliphatic carbocycles.